The molecule has 1 N–H and O–H groups in total. The molecule has 0 fully saturated rings. The van der Waals surface area contributed by atoms with Gasteiger partial charge in [0.15, 0.2) is 0 Å². The van der Waals surface area contributed by atoms with Crippen molar-refractivity contribution in [1.82, 2.24) is 0 Å². The molecular weight excluding hydrogens is 228 g/mol. The van der Waals surface area contributed by atoms with Gasteiger partial charge in [0.1, 0.15) is 0 Å². The summed E-state index contributed by atoms with van der Waals surface area (Å²) in [6.07, 6.45) is 1.41. The minimum atomic E-state index is -0.398. The highest BCUT2D eigenvalue weighted by Gasteiger charge is 2.12. The Morgan fingerprint density at radius 3 is 2.11 bits per heavy atom. The van der Waals surface area contributed by atoms with Gasteiger partial charge in [0.05, 0.1) is 16.7 Å². The van der Waals surface area contributed by atoms with E-state index in [1.807, 2.05) is 36.4 Å². The van der Waals surface area contributed by atoms with Crippen LogP contribution in [0.15, 0.2) is 66.9 Å². The molecule has 0 aromatic heterocycles. The summed E-state index contributed by atoms with van der Waals surface area (Å²) in [4.78, 5) is 10.6. The maximum Gasteiger partial charge on any atom is 0.292 e. The third-order valence-electron chi connectivity index (χ3n) is 2.42. The zero-order chi connectivity index (χ0) is 12.8. The van der Waals surface area contributed by atoms with Crippen LogP contribution in [-0.4, -0.2) is 4.92 Å². The summed E-state index contributed by atoms with van der Waals surface area (Å²) in [7, 11) is 0. The Morgan fingerprint density at radius 1 is 1.00 bits per heavy atom. The lowest BCUT2D eigenvalue weighted by atomic mass is 10.2. The fourth-order valence-corrected chi connectivity index (χ4v) is 1.54. The maximum atomic E-state index is 11.0. The number of nitro groups is 1. The average Bonchev–Trinajstić information content (AvgIpc) is 2.41. The van der Waals surface area contributed by atoms with Crippen LogP contribution in [0.3, 0.4) is 0 Å². The second-order valence-corrected chi connectivity index (χ2v) is 3.66. The number of hydrogen-bond acceptors (Lipinski definition) is 3. The van der Waals surface area contributed by atoms with Gasteiger partial charge in [-0.2, -0.15) is 0 Å². The lowest BCUT2D eigenvalue weighted by molar-refractivity contribution is -0.375. The number of anilines is 1. The van der Waals surface area contributed by atoms with E-state index in [1.54, 1.807) is 24.3 Å². The van der Waals surface area contributed by atoms with E-state index in [1.165, 1.54) is 6.20 Å². The van der Waals surface area contributed by atoms with Crippen LogP contribution in [-0.2, 0) is 0 Å². The Hall–Kier alpha value is -2.62. The molecule has 0 unspecified atom stereocenters. The van der Waals surface area contributed by atoms with Gasteiger partial charge in [-0.25, -0.2) is 0 Å². The van der Waals surface area contributed by atoms with E-state index in [4.69, 9.17) is 0 Å². The van der Waals surface area contributed by atoms with Crippen molar-refractivity contribution >= 4 is 11.4 Å². The van der Waals surface area contributed by atoms with Gasteiger partial charge in [0.2, 0.25) is 0 Å². The predicted octanol–water partition coefficient (Wildman–Crippen LogP) is 3.37. The molecule has 4 nitrogen and oxygen atoms in total. The number of nitrogens with one attached hydrogen (secondary N) is 1. The highest BCUT2D eigenvalue weighted by molar-refractivity contribution is 5.61. The number of rotatable bonds is 4. The molecule has 0 atom stereocenters. The molecule has 0 bridgehead atoms. The van der Waals surface area contributed by atoms with Gasteiger partial charge in [0.25, 0.3) is 5.70 Å². The summed E-state index contributed by atoms with van der Waals surface area (Å²) in [5.41, 5.74) is 1.43. The Balaban J connectivity index is 2.24. The fraction of sp³-hybridized carbons (Fsp3) is 0. The standard InChI is InChI=1S/C14H12N2O2/c17-16(18)14(12-7-3-1-4-8-12)11-15-13-9-5-2-6-10-13/h1-11,15H/b14-11-. The highest BCUT2D eigenvalue weighted by atomic mass is 16.6. The largest absolute Gasteiger partial charge is 0.356 e. The third kappa shape index (κ3) is 2.95. The summed E-state index contributed by atoms with van der Waals surface area (Å²) >= 11 is 0. The van der Waals surface area contributed by atoms with Crippen LogP contribution in [0.2, 0.25) is 0 Å². The summed E-state index contributed by atoms with van der Waals surface area (Å²) in [6, 6.07) is 18.1. The topological polar surface area (TPSA) is 55.2 Å². The van der Waals surface area contributed by atoms with Crippen LogP contribution in [0.25, 0.3) is 5.70 Å². The Bertz CT molecular complexity index is 551. The molecule has 0 saturated heterocycles. The van der Waals surface area contributed by atoms with E-state index < -0.39 is 4.92 Å². The number of para-hydroxylation sites is 1. The predicted molar refractivity (Wildman–Crippen MR) is 71.5 cm³/mol. The molecule has 2 aromatic rings. The molecule has 0 amide bonds. The SMILES string of the molecule is O=[N+]([O-])/C(=C\Nc1ccccc1)c1ccccc1. The molecule has 0 aliphatic heterocycles. The molecule has 0 radical (unpaired) electrons. The van der Waals surface area contributed by atoms with Gasteiger partial charge < -0.3 is 5.32 Å². The van der Waals surface area contributed by atoms with Crippen LogP contribution < -0.4 is 5.32 Å². The summed E-state index contributed by atoms with van der Waals surface area (Å²) in [6.45, 7) is 0. The van der Waals surface area contributed by atoms with Crippen molar-refractivity contribution in [3.8, 4) is 0 Å². The number of nitrogens with zero attached hydrogens (tertiary/aromatic N) is 1. The van der Waals surface area contributed by atoms with Gasteiger partial charge in [-0.05, 0) is 24.3 Å². The van der Waals surface area contributed by atoms with Gasteiger partial charge >= 0.3 is 0 Å². The first kappa shape index (κ1) is 11.9. The van der Waals surface area contributed by atoms with E-state index in [9.17, 15) is 10.1 Å². The average molecular weight is 240 g/mol. The molecule has 2 rings (SSSR count). The second-order valence-electron chi connectivity index (χ2n) is 3.66. The van der Waals surface area contributed by atoms with Crippen molar-refractivity contribution in [1.29, 1.82) is 0 Å². The third-order valence-corrected chi connectivity index (χ3v) is 2.42. The fourth-order valence-electron chi connectivity index (χ4n) is 1.54. The molecule has 90 valence electrons. The normalized spacial score (nSPS) is 11.0. The number of benzene rings is 2. The molecule has 0 aliphatic rings. The smallest absolute Gasteiger partial charge is 0.292 e. The van der Waals surface area contributed by atoms with Gasteiger partial charge in [-0.15, -0.1) is 0 Å². The van der Waals surface area contributed by atoms with Crippen molar-refractivity contribution in [2.75, 3.05) is 5.32 Å². The van der Waals surface area contributed by atoms with Crippen molar-refractivity contribution < 1.29 is 4.92 Å². The van der Waals surface area contributed by atoms with E-state index in [-0.39, 0.29) is 5.70 Å². The summed E-state index contributed by atoms with van der Waals surface area (Å²) < 4.78 is 0. The van der Waals surface area contributed by atoms with Crippen LogP contribution in [0, 0.1) is 10.1 Å². The highest BCUT2D eigenvalue weighted by Crippen LogP contribution is 2.15. The molecule has 0 spiro atoms. The maximum absolute atomic E-state index is 11.0. The number of hydrogen-bond donors (Lipinski definition) is 1. The van der Waals surface area contributed by atoms with Gasteiger partial charge in [0, 0.05) is 5.69 Å². The van der Waals surface area contributed by atoms with Crippen LogP contribution in [0.1, 0.15) is 5.56 Å². The zero-order valence-electron chi connectivity index (χ0n) is 9.61. The molecule has 18 heavy (non-hydrogen) atoms. The molecule has 4 heteroatoms. The minimum Gasteiger partial charge on any atom is -0.356 e. The molecule has 0 saturated carbocycles. The molecular formula is C14H12N2O2. The first-order valence-electron chi connectivity index (χ1n) is 5.49. The Kier molecular flexibility index (Phi) is 3.71. The molecule has 2 aromatic carbocycles. The van der Waals surface area contributed by atoms with Crippen molar-refractivity contribution in [3.63, 3.8) is 0 Å². The van der Waals surface area contributed by atoms with Gasteiger partial charge in [-0.1, -0.05) is 36.4 Å². The quantitative estimate of drug-likeness (QED) is 0.658. The van der Waals surface area contributed by atoms with Crippen LogP contribution in [0.5, 0.6) is 0 Å². The molecule has 0 heterocycles. The van der Waals surface area contributed by atoms with E-state index in [2.05, 4.69) is 5.32 Å². The second kappa shape index (κ2) is 5.63. The van der Waals surface area contributed by atoms with Crippen molar-refractivity contribution in [3.05, 3.63) is 82.5 Å². The first-order valence-corrected chi connectivity index (χ1v) is 5.49. The Morgan fingerprint density at radius 2 is 1.56 bits per heavy atom. The monoisotopic (exact) mass is 240 g/mol. The van der Waals surface area contributed by atoms with E-state index in [0.717, 1.165) is 5.69 Å². The van der Waals surface area contributed by atoms with Crippen LogP contribution in [0.4, 0.5) is 5.69 Å². The van der Waals surface area contributed by atoms with Crippen LogP contribution >= 0.6 is 0 Å². The lowest BCUT2D eigenvalue weighted by Crippen LogP contribution is -2.01. The summed E-state index contributed by atoms with van der Waals surface area (Å²) in [5, 5.41) is 13.9. The van der Waals surface area contributed by atoms with E-state index in [0.29, 0.717) is 5.56 Å². The molecule has 0 aliphatic carbocycles. The Labute approximate surface area is 105 Å². The van der Waals surface area contributed by atoms with Crippen molar-refractivity contribution in [2.45, 2.75) is 0 Å². The summed E-state index contributed by atoms with van der Waals surface area (Å²) in [5.74, 6) is 0. The van der Waals surface area contributed by atoms with Crippen molar-refractivity contribution in [2.24, 2.45) is 0 Å². The zero-order valence-corrected chi connectivity index (χ0v) is 9.61. The lowest BCUT2D eigenvalue weighted by Gasteiger charge is -2.01. The minimum absolute atomic E-state index is 0.0412. The first-order chi connectivity index (χ1) is 8.77. The van der Waals surface area contributed by atoms with Gasteiger partial charge in [-0.3, -0.25) is 10.1 Å². The van der Waals surface area contributed by atoms with E-state index >= 15 is 0 Å².